The number of carbonyl (C=O) groups is 1. The number of aliphatic hydroxyl groups excluding tert-OH is 1. The minimum absolute atomic E-state index is 0.00698. The van der Waals surface area contributed by atoms with E-state index >= 15 is 0 Å². The van der Waals surface area contributed by atoms with Crippen LogP contribution in [0.5, 0.6) is 0 Å². The Kier molecular flexibility index (Phi) is 6.47. The number of carbonyl (C=O) groups excluding carboxylic acids is 1. The normalized spacial score (nSPS) is 17.6. The first-order valence-corrected chi connectivity index (χ1v) is 6.36. The first-order chi connectivity index (χ1) is 8.20. The van der Waals surface area contributed by atoms with Gasteiger partial charge in [0.15, 0.2) is 0 Å². The van der Waals surface area contributed by atoms with Gasteiger partial charge in [-0.05, 0) is 32.1 Å². The lowest BCUT2D eigenvalue weighted by Gasteiger charge is -2.38. The second-order valence-corrected chi connectivity index (χ2v) is 4.58. The topological polar surface area (TPSA) is 75.8 Å². The predicted octanol–water partition coefficient (Wildman–Crippen LogP) is 0.114. The molecule has 1 amide bonds. The molecule has 3 N–H and O–H groups in total. The summed E-state index contributed by atoms with van der Waals surface area (Å²) >= 11 is 0. The third kappa shape index (κ3) is 4.26. The molecule has 1 rings (SSSR count). The van der Waals surface area contributed by atoms with E-state index in [0.29, 0.717) is 25.6 Å². The molecule has 1 unspecified atom stereocenters. The monoisotopic (exact) mass is 244 g/mol. The summed E-state index contributed by atoms with van der Waals surface area (Å²) in [7, 11) is 1.64. The molecule has 1 atom stereocenters. The average Bonchev–Trinajstić information content (AvgIpc) is 2.25. The molecule has 0 radical (unpaired) electrons. The summed E-state index contributed by atoms with van der Waals surface area (Å²) in [6.45, 7) is 1.04. The maximum absolute atomic E-state index is 12.1. The van der Waals surface area contributed by atoms with Crippen molar-refractivity contribution in [2.75, 3.05) is 26.9 Å². The van der Waals surface area contributed by atoms with Gasteiger partial charge in [-0.3, -0.25) is 4.79 Å². The van der Waals surface area contributed by atoms with Crippen LogP contribution in [0, 0.1) is 0 Å². The van der Waals surface area contributed by atoms with E-state index in [1.165, 1.54) is 6.42 Å². The maximum atomic E-state index is 12.1. The Morgan fingerprint density at radius 2 is 2.29 bits per heavy atom. The van der Waals surface area contributed by atoms with Crippen molar-refractivity contribution in [3.63, 3.8) is 0 Å². The molecule has 0 spiro atoms. The summed E-state index contributed by atoms with van der Waals surface area (Å²) in [6.07, 6.45) is 4.67. The molecule has 0 aliphatic heterocycles. The highest BCUT2D eigenvalue weighted by Gasteiger charge is 2.30. The van der Waals surface area contributed by atoms with E-state index in [1.807, 2.05) is 0 Å². The van der Waals surface area contributed by atoms with Gasteiger partial charge in [0.1, 0.15) is 0 Å². The molecule has 17 heavy (non-hydrogen) atoms. The lowest BCUT2D eigenvalue weighted by molar-refractivity contribution is -0.137. The van der Waals surface area contributed by atoms with Gasteiger partial charge < -0.3 is 20.5 Å². The third-order valence-electron chi connectivity index (χ3n) is 3.32. The van der Waals surface area contributed by atoms with Gasteiger partial charge >= 0.3 is 0 Å². The second-order valence-electron chi connectivity index (χ2n) is 4.58. The van der Waals surface area contributed by atoms with Crippen LogP contribution in [0.4, 0.5) is 0 Å². The number of ether oxygens (including phenoxy) is 1. The Hall–Kier alpha value is -0.650. The predicted molar refractivity (Wildman–Crippen MR) is 65.5 cm³/mol. The molecule has 5 heteroatoms. The molecule has 0 aromatic rings. The minimum Gasteiger partial charge on any atom is -0.395 e. The van der Waals surface area contributed by atoms with Crippen LogP contribution in [0.15, 0.2) is 0 Å². The summed E-state index contributed by atoms with van der Waals surface area (Å²) in [5.74, 6) is -0.0279. The number of nitrogens with two attached hydrogens (primary N) is 1. The van der Waals surface area contributed by atoms with E-state index in [4.69, 9.17) is 15.6 Å². The van der Waals surface area contributed by atoms with Crippen molar-refractivity contribution < 1.29 is 14.6 Å². The van der Waals surface area contributed by atoms with E-state index < -0.39 is 6.04 Å². The van der Waals surface area contributed by atoms with Crippen molar-refractivity contribution in [2.45, 2.75) is 44.2 Å². The molecular formula is C12H24N2O3. The number of hydrogen-bond acceptors (Lipinski definition) is 4. The molecule has 0 aromatic carbocycles. The van der Waals surface area contributed by atoms with Gasteiger partial charge in [0, 0.05) is 26.3 Å². The van der Waals surface area contributed by atoms with Gasteiger partial charge in [0.2, 0.25) is 5.91 Å². The number of methoxy groups -OCH3 is 1. The van der Waals surface area contributed by atoms with Gasteiger partial charge in [-0.25, -0.2) is 0 Å². The van der Waals surface area contributed by atoms with E-state index in [2.05, 4.69) is 0 Å². The molecule has 0 aromatic heterocycles. The number of amides is 1. The van der Waals surface area contributed by atoms with Gasteiger partial charge in [0.25, 0.3) is 0 Å². The lowest BCUT2D eigenvalue weighted by Crippen LogP contribution is -2.52. The first kappa shape index (κ1) is 14.4. The smallest absolute Gasteiger partial charge is 0.239 e. The van der Waals surface area contributed by atoms with Crippen LogP contribution < -0.4 is 5.73 Å². The quantitative estimate of drug-likeness (QED) is 0.594. The first-order valence-electron chi connectivity index (χ1n) is 6.36. The summed E-state index contributed by atoms with van der Waals surface area (Å²) in [6, 6.07) is -0.166. The highest BCUT2D eigenvalue weighted by atomic mass is 16.5. The fourth-order valence-electron chi connectivity index (χ4n) is 2.06. The van der Waals surface area contributed by atoms with Crippen LogP contribution in [0.3, 0.4) is 0 Å². The standard InChI is InChI=1S/C12H24N2O3/c1-17-9-3-6-11(13)12(16)14(7-8-15)10-4-2-5-10/h10-11,15H,2-9,13H2,1H3. The second kappa shape index (κ2) is 7.63. The lowest BCUT2D eigenvalue weighted by atomic mass is 9.90. The molecule has 1 aliphatic rings. The van der Waals surface area contributed by atoms with E-state index in [1.54, 1.807) is 12.0 Å². The zero-order chi connectivity index (χ0) is 12.7. The molecule has 0 bridgehead atoms. The zero-order valence-electron chi connectivity index (χ0n) is 10.6. The van der Waals surface area contributed by atoms with Crippen molar-refractivity contribution in [3.05, 3.63) is 0 Å². The molecular weight excluding hydrogens is 220 g/mol. The number of hydrogen-bond donors (Lipinski definition) is 2. The summed E-state index contributed by atoms with van der Waals surface area (Å²) in [5, 5.41) is 9.00. The van der Waals surface area contributed by atoms with Crippen LogP contribution in [0.2, 0.25) is 0 Å². The third-order valence-corrected chi connectivity index (χ3v) is 3.32. The van der Waals surface area contributed by atoms with E-state index in [0.717, 1.165) is 19.3 Å². The molecule has 100 valence electrons. The van der Waals surface area contributed by atoms with Gasteiger partial charge in [-0.15, -0.1) is 0 Å². The highest BCUT2D eigenvalue weighted by molar-refractivity contribution is 5.82. The Labute approximate surface area is 103 Å². The number of aliphatic hydroxyl groups is 1. The summed E-state index contributed by atoms with van der Waals surface area (Å²) in [4.78, 5) is 13.9. The Morgan fingerprint density at radius 1 is 1.59 bits per heavy atom. The SMILES string of the molecule is COCCCC(N)C(=O)N(CCO)C1CCC1. The van der Waals surface area contributed by atoms with Gasteiger partial charge in [-0.2, -0.15) is 0 Å². The minimum atomic E-state index is -0.461. The fraction of sp³-hybridized carbons (Fsp3) is 0.917. The van der Waals surface area contributed by atoms with Crippen molar-refractivity contribution >= 4 is 5.91 Å². The molecule has 0 saturated heterocycles. The summed E-state index contributed by atoms with van der Waals surface area (Å²) in [5.41, 5.74) is 5.88. The van der Waals surface area contributed by atoms with Crippen molar-refractivity contribution in [3.8, 4) is 0 Å². The highest BCUT2D eigenvalue weighted by Crippen LogP contribution is 2.25. The Bertz CT molecular complexity index is 232. The van der Waals surface area contributed by atoms with Crippen LogP contribution in [-0.4, -0.2) is 54.9 Å². The maximum Gasteiger partial charge on any atom is 0.239 e. The van der Waals surface area contributed by atoms with Crippen LogP contribution in [0.25, 0.3) is 0 Å². The van der Waals surface area contributed by atoms with Crippen molar-refractivity contribution in [2.24, 2.45) is 5.73 Å². The van der Waals surface area contributed by atoms with Crippen LogP contribution in [0.1, 0.15) is 32.1 Å². The van der Waals surface area contributed by atoms with Crippen LogP contribution >= 0.6 is 0 Å². The molecule has 0 heterocycles. The van der Waals surface area contributed by atoms with Crippen molar-refractivity contribution in [1.29, 1.82) is 0 Å². The largest absolute Gasteiger partial charge is 0.395 e. The van der Waals surface area contributed by atoms with Crippen molar-refractivity contribution in [1.82, 2.24) is 4.90 Å². The number of rotatable bonds is 8. The zero-order valence-corrected chi connectivity index (χ0v) is 10.6. The Morgan fingerprint density at radius 3 is 2.76 bits per heavy atom. The fourth-order valence-corrected chi connectivity index (χ4v) is 2.06. The molecule has 1 saturated carbocycles. The molecule has 5 nitrogen and oxygen atoms in total. The van der Waals surface area contributed by atoms with E-state index in [-0.39, 0.29) is 12.5 Å². The van der Waals surface area contributed by atoms with E-state index in [9.17, 15) is 4.79 Å². The van der Waals surface area contributed by atoms with Gasteiger partial charge in [-0.1, -0.05) is 0 Å². The molecule has 1 aliphatic carbocycles. The number of nitrogens with zero attached hydrogens (tertiary/aromatic N) is 1. The average molecular weight is 244 g/mol. The van der Waals surface area contributed by atoms with Crippen LogP contribution in [-0.2, 0) is 9.53 Å². The molecule has 1 fully saturated rings. The summed E-state index contributed by atoms with van der Waals surface area (Å²) < 4.78 is 4.94. The Balaban J connectivity index is 2.39. The van der Waals surface area contributed by atoms with Gasteiger partial charge in [0.05, 0.1) is 12.6 Å².